The predicted molar refractivity (Wildman–Crippen MR) is 112 cm³/mol. The third-order valence-electron chi connectivity index (χ3n) is 3.99. The molecule has 0 bridgehead atoms. The monoisotopic (exact) mass is 466 g/mol. The number of hydrogen-bond acceptors (Lipinski definition) is 7. The van der Waals surface area contributed by atoms with Gasteiger partial charge < -0.3 is 23.6 Å². The minimum atomic E-state index is -4.64. The van der Waals surface area contributed by atoms with Crippen molar-refractivity contribution in [2.75, 3.05) is 13.2 Å². The lowest BCUT2D eigenvalue weighted by molar-refractivity contribution is 0.218. The molecule has 1 aromatic heterocycles. The maximum atomic E-state index is 12.2. The number of aryl methyl sites for hydroxylation is 1. The van der Waals surface area contributed by atoms with Crippen molar-refractivity contribution in [2.45, 2.75) is 39.5 Å². The molecule has 0 amide bonds. The molecule has 0 aliphatic heterocycles. The molecule has 0 spiro atoms. The molecule has 1 heterocycles. The van der Waals surface area contributed by atoms with Crippen LogP contribution in [0.2, 0.25) is 0 Å². The predicted octanol–water partition coefficient (Wildman–Crippen LogP) is 3.42. The Bertz CT molecular complexity index is 980. The molecule has 9 nitrogen and oxygen atoms in total. The van der Waals surface area contributed by atoms with Gasteiger partial charge in [0.25, 0.3) is 0 Å². The van der Waals surface area contributed by atoms with Gasteiger partial charge in [0.05, 0.1) is 13.2 Å². The summed E-state index contributed by atoms with van der Waals surface area (Å²) in [7, 11) is -4.64. The summed E-state index contributed by atoms with van der Waals surface area (Å²) in [6.07, 6.45) is 3.84. The summed E-state index contributed by atoms with van der Waals surface area (Å²) < 4.78 is 31.2. The Morgan fingerprint density at radius 3 is 2.17 bits per heavy atom. The molecule has 0 saturated carbocycles. The van der Waals surface area contributed by atoms with Gasteiger partial charge in [-0.15, -0.1) is 0 Å². The molecule has 0 radical (unpaired) electrons. The smallest absolute Gasteiger partial charge is 0.424 e. The highest BCUT2D eigenvalue weighted by Gasteiger charge is 2.23. The molecular weight excluding hydrogens is 442 g/mol. The van der Waals surface area contributed by atoms with Gasteiger partial charge in [-0.2, -0.15) is 0 Å². The van der Waals surface area contributed by atoms with E-state index in [9.17, 15) is 4.79 Å². The van der Waals surface area contributed by atoms with Crippen molar-refractivity contribution in [1.82, 2.24) is 0 Å². The highest BCUT2D eigenvalue weighted by atomic mass is 32.5. The average molecular weight is 466 g/mol. The van der Waals surface area contributed by atoms with Crippen molar-refractivity contribution >= 4 is 37.3 Å². The zero-order valence-electron chi connectivity index (χ0n) is 16.1. The lowest BCUT2D eigenvalue weighted by Gasteiger charge is -2.21. The Balaban J connectivity index is 0.000000537. The SMILES string of the molecule is CCOP(=S)(OCC)Oc1ccc2c3c(c(=O)oc2c1)CCCC3.O=P(O)(O)O. The third kappa shape index (κ3) is 7.27. The maximum absolute atomic E-state index is 12.2. The van der Waals surface area contributed by atoms with Gasteiger partial charge in [-0.25, -0.2) is 9.36 Å². The summed E-state index contributed by atoms with van der Waals surface area (Å²) >= 11 is 5.38. The molecule has 29 heavy (non-hydrogen) atoms. The van der Waals surface area contributed by atoms with Gasteiger partial charge >= 0.3 is 20.2 Å². The highest BCUT2D eigenvalue weighted by Crippen LogP contribution is 2.50. The van der Waals surface area contributed by atoms with Crippen molar-refractivity contribution < 1.29 is 37.2 Å². The number of rotatable bonds is 6. The van der Waals surface area contributed by atoms with E-state index in [0.717, 1.165) is 42.2 Å². The molecular formula is C17H24O9P2S. The molecule has 1 aliphatic rings. The summed E-state index contributed by atoms with van der Waals surface area (Å²) in [6.45, 7) is 1.66. The summed E-state index contributed by atoms with van der Waals surface area (Å²) in [5.74, 6) is 0.492. The van der Waals surface area contributed by atoms with Crippen LogP contribution in [0.3, 0.4) is 0 Å². The number of fused-ring (bicyclic) bond motifs is 3. The van der Waals surface area contributed by atoms with E-state index >= 15 is 0 Å². The zero-order chi connectivity index (χ0) is 21.7. The minimum absolute atomic E-state index is 0.247. The average Bonchev–Trinajstić information content (AvgIpc) is 2.60. The van der Waals surface area contributed by atoms with E-state index in [1.54, 1.807) is 6.07 Å². The van der Waals surface area contributed by atoms with Crippen molar-refractivity contribution in [3.8, 4) is 5.75 Å². The van der Waals surface area contributed by atoms with Gasteiger partial charge in [0.15, 0.2) is 0 Å². The molecule has 2 aromatic rings. The first-order valence-electron chi connectivity index (χ1n) is 9.02. The van der Waals surface area contributed by atoms with Crippen molar-refractivity contribution in [3.63, 3.8) is 0 Å². The minimum Gasteiger partial charge on any atom is -0.424 e. The second-order valence-electron chi connectivity index (χ2n) is 6.10. The van der Waals surface area contributed by atoms with E-state index in [1.807, 2.05) is 26.0 Å². The third-order valence-corrected chi connectivity index (χ3v) is 6.43. The van der Waals surface area contributed by atoms with Crippen LogP contribution in [0.25, 0.3) is 11.0 Å². The molecule has 3 rings (SSSR count). The maximum Gasteiger partial charge on any atom is 0.466 e. The van der Waals surface area contributed by atoms with Gasteiger partial charge in [-0.1, -0.05) is 0 Å². The molecule has 0 atom stereocenters. The lowest BCUT2D eigenvalue weighted by atomic mass is 9.91. The van der Waals surface area contributed by atoms with E-state index in [0.29, 0.717) is 24.5 Å². The first-order chi connectivity index (χ1) is 13.6. The standard InChI is InChI=1S/C17H21O5PS.H3O4P/c1-3-19-23(24,20-4-2)22-12-9-10-14-13-7-5-6-8-15(13)17(18)21-16(14)11-12;1-5(2,3)4/h9-11H,3-8H2,1-2H3;(H3,1,2,3,4). The van der Waals surface area contributed by atoms with Gasteiger partial charge in [-0.05, 0) is 57.2 Å². The molecule has 0 unspecified atom stereocenters. The summed E-state index contributed by atoms with van der Waals surface area (Å²) in [6, 6.07) is 5.45. The lowest BCUT2D eigenvalue weighted by Crippen LogP contribution is -2.15. The summed E-state index contributed by atoms with van der Waals surface area (Å²) in [4.78, 5) is 33.8. The van der Waals surface area contributed by atoms with Crippen LogP contribution in [0.1, 0.15) is 37.8 Å². The Hall–Kier alpha value is -1.09. The van der Waals surface area contributed by atoms with Crippen LogP contribution in [0.4, 0.5) is 0 Å². The van der Waals surface area contributed by atoms with Crippen LogP contribution < -0.4 is 10.1 Å². The van der Waals surface area contributed by atoms with Crippen LogP contribution in [0, 0.1) is 0 Å². The molecule has 12 heteroatoms. The van der Waals surface area contributed by atoms with Crippen LogP contribution in [-0.2, 0) is 38.3 Å². The number of hydrogen-bond donors (Lipinski definition) is 3. The van der Waals surface area contributed by atoms with Crippen molar-refractivity contribution in [2.24, 2.45) is 0 Å². The van der Waals surface area contributed by atoms with E-state index < -0.39 is 14.5 Å². The van der Waals surface area contributed by atoms with Crippen molar-refractivity contribution in [1.29, 1.82) is 0 Å². The van der Waals surface area contributed by atoms with E-state index in [1.165, 1.54) is 0 Å². The fraction of sp³-hybridized carbons (Fsp3) is 0.471. The molecule has 1 aliphatic carbocycles. The largest absolute Gasteiger partial charge is 0.466 e. The topological polar surface area (TPSA) is 136 Å². The second-order valence-corrected chi connectivity index (χ2v) is 10.1. The van der Waals surface area contributed by atoms with E-state index in [-0.39, 0.29) is 5.63 Å². The number of phosphoric acid groups is 1. The fourth-order valence-electron chi connectivity index (χ4n) is 3.02. The van der Waals surface area contributed by atoms with Crippen LogP contribution in [0.15, 0.2) is 27.4 Å². The van der Waals surface area contributed by atoms with E-state index in [2.05, 4.69) is 0 Å². The Morgan fingerprint density at radius 2 is 1.62 bits per heavy atom. The van der Waals surface area contributed by atoms with Crippen LogP contribution in [0.5, 0.6) is 5.75 Å². The zero-order valence-corrected chi connectivity index (χ0v) is 18.7. The Kier molecular flexibility index (Phi) is 8.58. The summed E-state index contributed by atoms with van der Waals surface area (Å²) in [5, 5.41) is 0.970. The second kappa shape index (κ2) is 10.3. The quantitative estimate of drug-likeness (QED) is 0.429. The first-order valence-corrected chi connectivity index (χ1v) is 13.1. The van der Waals surface area contributed by atoms with Gasteiger partial charge in [0.2, 0.25) is 0 Å². The van der Waals surface area contributed by atoms with Crippen LogP contribution in [-0.4, -0.2) is 27.9 Å². The Morgan fingerprint density at radius 1 is 1.07 bits per heavy atom. The molecule has 1 aromatic carbocycles. The van der Waals surface area contributed by atoms with Gasteiger partial charge in [0, 0.05) is 28.8 Å². The fourth-order valence-corrected chi connectivity index (χ4v) is 5.09. The van der Waals surface area contributed by atoms with Crippen LogP contribution >= 0.6 is 14.5 Å². The Labute approximate surface area is 173 Å². The van der Waals surface area contributed by atoms with Gasteiger partial charge in [0.1, 0.15) is 11.3 Å². The molecule has 0 saturated heterocycles. The molecule has 162 valence electrons. The van der Waals surface area contributed by atoms with E-state index in [4.69, 9.17) is 49.0 Å². The summed E-state index contributed by atoms with van der Waals surface area (Å²) in [5.41, 5.74) is 2.19. The molecule has 0 fully saturated rings. The normalized spacial score (nSPS) is 14.1. The van der Waals surface area contributed by atoms with Crippen molar-refractivity contribution in [3.05, 3.63) is 39.7 Å². The first kappa shape index (κ1) is 24.2. The van der Waals surface area contributed by atoms with Gasteiger partial charge in [-0.3, -0.25) is 9.05 Å². The number of benzene rings is 1. The highest BCUT2D eigenvalue weighted by molar-refractivity contribution is 8.07. The molecule has 3 N–H and O–H groups in total.